The Kier molecular flexibility index (Phi) is 6.30. The van der Waals surface area contributed by atoms with Crippen molar-refractivity contribution in [2.75, 3.05) is 37.6 Å². The summed E-state index contributed by atoms with van der Waals surface area (Å²) in [4.78, 5) is 13.4. The van der Waals surface area contributed by atoms with E-state index in [0.29, 0.717) is 12.4 Å². The number of benzene rings is 2. The summed E-state index contributed by atoms with van der Waals surface area (Å²) < 4.78 is 0. The van der Waals surface area contributed by atoms with E-state index in [1.807, 2.05) is 72.2 Å². The van der Waals surface area contributed by atoms with Gasteiger partial charge >= 0.3 is 0 Å². The van der Waals surface area contributed by atoms with Crippen LogP contribution in [0, 0.1) is 0 Å². The fourth-order valence-electron chi connectivity index (χ4n) is 3.74. The Morgan fingerprint density at radius 2 is 1.70 bits per heavy atom. The van der Waals surface area contributed by atoms with Crippen LogP contribution in [0.25, 0.3) is 0 Å². The van der Waals surface area contributed by atoms with Crippen LogP contribution >= 0.6 is 11.3 Å². The number of aliphatic imine (C=N–C) groups is 1. The minimum absolute atomic E-state index is 0.213. The Morgan fingerprint density at radius 3 is 2.33 bits per heavy atom. The first kappa shape index (κ1) is 20.4. The van der Waals surface area contributed by atoms with Gasteiger partial charge in [0, 0.05) is 44.2 Å². The van der Waals surface area contributed by atoms with Gasteiger partial charge in [0.2, 0.25) is 0 Å². The second kappa shape index (κ2) is 9.28. The van der Waals surface area contributed by atoms with E-state index in [-0.39, 0.29) is 6.54 Å². The van der Waals surface area contributed by atoms with Crippen molar-refractivity contribution in [1.29, 1.82) is 0 Å². The van der Waals surface area contributed by atoms with E-state index in [0.717, 1.165) is 42.4 Å². The van der Waals surface area contributed by atoms with Crippen LogP contribution < -0.4 is 10.6 Å². The molecule has 30 heavy (non-hydrogen) atoms. The summed E-state index contributed by atoms with van der Waals surface area (Å²) in [7, 11) is 0. The van der Waals surface area contributed by atoms with E-state index in [2.05, 4.69) is 19.8 Å². The van der Waals surface area contributed by atoms with Gasteiger partial charge in [-0.25, -0.2) is 9.98 Å². The predicted molar refractivity (Wildman–Crippen MR) is 123 cm³/mol. The molecule has 0 amide bonds. The summed E-state index contributed by atoms with van der Waals surface area (Å²) >= 11 is 1.65. The van der Waals surface area contributed by atoms with Gasteiger partial charge in [0.25, 0.3) is 0 Å². The van der Waals surface area contributed by atoms with Crippen molar-refractivity contribution in [2.24, 2.45) is 10.7 Å². The fraction of sp³-hybridized carbons (Fsp3) is 0.304. The Morgan fingerprint density at radius 1 is 1.03 bits per heavy atom. The topological polar surface area (TPSA) is 78.0 Å². The van der Waals surface area contributed by atoms with Gasteiger partial charge in [-0.2, -0.15) is 0 Å². The zero-order valence-electron chi connectivity index (χ0n) is 16.9. The van der Waals surface area contributed by atoms with Crippen LogP contribution in [0.1, 0.15) is 11.1 Å². The van der Waals surface area contributed by atoms with E-state index in [9.17, 15) is 5.11 Å². The number of rotatable bonds is 6. The lowest BCUT2D eigenvalue weighted by molar-refractivity contribution is 0.0465. The van der Waals surface area contributed by atoms with Crippen LogP contribution in [0.5, 0.6) is 0 Å². The highest BCUT2D eigenvalue weighted by Gasteiger charge is 2.30. The normalized spacial score (nSPS) is 17.0. The largest absolute Gasteiger partial charge is 0.383 e. The minimum Gasteiger partial charge on any atom is -0.383 e. The molecule has 156 valence electrons. The summed E-state index contributed by atoms with van der Waals surface area (Å²) in [6.07, 6.45) is 2.31. The summed E-state index contributed by atoms with van der Waals surface area (Å²) in [5, 5.41) is 14.6. The number of anilines is 1. The van der Waals surface area contributed by atoms with E-state index in [4.69, 9.17) is 5.73 Å². The molecule has 1 saturated heterocycles. The molecule has 1 aliphatic heterocycles. The molecule has 1 aromatic heterocycles. The molecule has 1 unspecified atom stereocenters. The number of hydrogen-bond donors (Lipinski definition) is 2. The van der Waals surface area contributed by atoms with Gasteiger partial charge in [0.15, 0.2) is 11.1 Å². The first-order chi connectivity index (χ1) is 14.6. The molecule has 1 fully saturated rings. The molecule has 0 radical (unpaired) electrons. The van der Waals surface area contributed by atoms with Crippen molar-refractivity contribution in [3.8, 4) is 0 Å². The number of nitrogens with two attached hydrogens (primary N) is 1. The van der Waals surface area contributed by atoms with Crippen molar-refractivity contribution < 1.29 is 5.11 Å². The highest BCUT2D eigenvalue weighted by molar-refractivity contribution is 7.13. The van der Waals surface area contributed by atoms with Crippen LogP contribution in [-0.2, 0) is 12.0 Å². The van der Waals surface area contributed by atoms with Crippen molar-refractivity contribution in [2.45, 2.75) is 12.0 Å². The lowest BCUT2D eigenvalue weighted by atomic mass is 9.87. The molecule has 0 aliphatic carbocycles. The van der Waals surface area contributed by atoms with E-state index >= 15 is 0 Å². The third-order valence-corrected chi connectivity index (χ3v) is 6.28. The molecular weight excluding hydrogens is 394 g/mol. The number of thiazole rings is 1. The van der Waals surface area contributed by atoms with E-state index in [1.54, 1.807) is 11.3 Å². The SMILES string of the molecule is NC(=NCC(O)(Cc1ccccc1)c1ccccc1)N1CCN(c2nccs2)CC1. The molecular formula is C23H27N5OS. The molecule has 4 rings (SSSR count). The van der Waals surface area contributed by atoms with Crippen LogP contribution in [0.3, 0.4) is 0 Å². The van der Waals surface area contributed by atoms with Gasteiger partial charge in [0.1, 0.15) is 5.60 Å². The van der Waals surface area contributed by atoms with Crippen LogP contribution in [0.4, 0.5) is 5.13 Å². The Hall–Kier alpha value is -2.90. The first-order valence-electron chi connectivity index (χ1n) is 10.2. The van der Waals surface area contributed by atoms with Gasteiger partial charge in [0.05, 0.1) is 6.54 Å². The molecule has 0 bridgehead atoms. The summed E-state index contributed by atoms with van der Waals surface area (Å²) in [5.41, 5.74) is 7.12. The van der Waals surface area contributed by atoms with Gasteiger partial charge in [-0.05, 0) is 11.1 Å². The standard InChI is InChI=1S/C23H27N5OS/c24-21(27-12-14-28(15-13-27)22-25-11-16-30-22)26-18-23(29,20-9-5-2-6-10-20)17-19-7-3-1-4-8-19/h1-11,16,29H,12-15,17-18H2,(H2,24,26). The van der Waals surface area contributed by atoms with E-state index in [1.165, 1.54) is 0 Å². The number of piperazine rings is 1. The molecule has 7 heteroatoms. The number of nitrogens with zero attached hydrogens (tertiary/aromatic N) is 4. The van der Waals surface area contributed by atoms with Gasteiger partial charge in [-0.15, -0.1) is 11.3 Å². The summed E-state index contributed by atoms with van der Waals surface area (Å²) in [6.45, 7) is 3.51. The molecule has 6 nitrogen and oxygen atoms in total. The van der Waals surface area contributed by atoms with Crippen LogP contribution in [0.2, 0.25) is 0 Å². The first-order valence-corrected chi connectivity index (χ1v) is 11.0. The number of aromatic nitrogens is 1. The number of hydrogen-bond acceptors (Lipinski definition) is 5. The smallest absolute Gasteiger partial charge is 0.191 e. The summed E-state index contributed by atoms with van der Waals surface area (Å²) in [5.74, 6) is 0.483. The number of aliphatic hydroxyl groups is 1. The summed E-state index contributed by atoms with van der Waals surface area (Å²) in [6, 6.07) is 19.7. The monoisotopic (exact) mass is 421 g/mol. The average molecular weight is 422 g/mol. The van der Waals surface area contributed by atoms with Crippen molar-refractivity contribution in [3.63, 3.8) is 0 Å². The third-order valence-electron chi connectivity index (χ3n) is 5.45. The van der Waals surface area contributed by atoms with Crippen molar-refractivity contribution in [3.05, 3.63) is 83.4 Å². The maximum absolute atomic E-state index is 11.6. The minimum atomic E-state index is -1.12. The van der Waals surface area contributed by atoms with E-state index < -0.39 is 5.60 Å². The third kappa shape index (κ3) is 4.80. The maximum atomic E-state index is 11.6. The lowest BCUT2D eigenvalue weighted by Gasteiger charge is -2.35. The molecule has 1 aliphatic rings. The molecule has 2 heterocycles. The van der Waals surface area contributed by atoms with Gasteiger partial charge in [-0.3, -0.25) is 0 Å². The highest BCUT2D eigenvalue weighted by Crippen LogP contribution is 2.26. The van der Waals surface area contributed by atoms with Gasteiger partial charge in [-0.1, -0.05) is 60.7 Å². The van der Waals surface area contributed by atoms with Crippen molar-refractivity contribution in [1.82, 2.24) is 9.88 Å². The van der Waals surface area contributed by atoms with Crippen LogP contribution in [0.15, 0.2) is 77.2 Å². The van der Waals surface area contributed by atoms with Crippen molar-refractivity contribution >= 4 is 22.4 Å². The zero-order chi connectivity index (χ0) is 20.8. The fourth-order valence-corrected chi connectivity index (χ4v) is 4.44. The maximum Gasteiger partial charge on any atom is 0.191 e. The Balaban J connectivity index is 1.45. The quantitative estimate of drug-likeness (QED) is 0.473. The average Bonchev–Trinajstić information content (AvgIpc) is 3.34. The van der Waals surface area contributed by atoms with Gasteiger partial charge < -0.3 is 20.6 Å². The Labute approximate surface area is 181 Å². The molecule has 2 aromatic carbocycles. The lowest BCUT2D eigenvalue weighted by Crippen LogP contribution is -2.51. The zero-order valence-corrected chi connectivity index (χ0v) is 17.7. The molecule has 3 N–H and O–H groups in total. The predicted octanol–water partition coefficient (Wildman–Crippen LogP) is 2.71. The Bertz CT molecular complexity index is 940. The molecule has 0 saturated carbocycles. The highest BCUT2D eigenvalue weighted by atomic mass is 32.1. The molecule has 1 atom stereocenters. The number of guanidine groups is 1. The second-order valence-corrected chi connectivity index (χ2v) is 8.40. The second-order valence-electron chi connectivity index (χ2n) is 7.52. The molecule has 3 aromatic rings. The van der Waals surface area contributed by atoms with Crippen LogP contribution in [-0.4, -0.2) is 53.7 Å². The molecule has 0 spiro atoms.